The zero-order valence-electron chi connectivity index (χ0n) is 8.41. The Balaban J connectivity index is 2.50. The van der Waals surface area contributed by atoms with E-state index in [1.165, 1.54) is 11.3 Å². The largest absolute Gasteiger partial charge is 0.396 e. The summed E-state index contributed by atoms with van der Waals surface area (Å²) >= 11 is 1.48. The first-order valence-electron chi connectivity index (χ1n) is 4.61. The van der Waals surface area contributed by atoms with Crippen LogP contribution in [0.15, 0.2) is 12.1 Å². The fraction of sp³-hybridized carbons (Fsp3) is 0.500. The second kappa shape index (κ2) is 5.12. The standard InChI is InChI=1S/C10H15NO2S/c1-7(5-6-12)11-10(13)9-4-3-8(2)14-9/h3-4,7,12H,5-6H2,1-2H3,(H,11,13). The third-order valence-corrected chi connectivity index (χ3v) is 2.90. The smallest absolute Gasteiger partial charge is 0.261 e. The molecule has 1 rings (SSSR count). The molecule has 0 radical (unpaired) electrons. The normalized spacial score (nSPS) is 12.5. The van der Waals surface area contributed by atoms with Crippen LogP contribution >= 0.6 is 11.3 Å². The van der Waals surface area contributed by atoms with Gasteiger partial charge in [0.1, 0.15) is 0 Å². The number of aryl methyl sites for hydroxylation is 1. The van der Waals surface area contributed by atoms with Crippen molar-refractivity contribution >= 4 is 17.2 Å². The SMILES string of the molecule is Cc1ccc(C(=O)NC(C)CCO)s1. The molecule has 0 aliphatic rings. The van der Waals surface area contributed by atoms with E-state index in [2.05, 4.69) is 5.32 Å². The van der Waals surface area contributed by atoms with Gasteiger partial charge in [0, 0.05) is 17.5 Å². The van der Waals surface area contributed by atoms with Gasteiger partial charge in [-0.05, 0) is 32.4 Å². The quantitative estimate of drug-likeness (QED) is 0.797. The van der Waals surface area contributed by atoms with Crippen LogP contribution in [0.2, 0.25) is 0 Å². The molecule has 1 aromatic rings. The number of thiophene rings is 1. The molecule has 0 aliphatic heterocycles. The van der Waals surface area contributed by atoms with Gasteiger partial charge in [-0.2, -0.15) is 0 Å². The average molecular weight is 213 g/mol. The summed E-state index contributed by atoms with van der Waals surface area (Å²) in [4.78, 5) is 13.4. The van der Waals surface area contributed by atoms with Crippen LogP contribution in [0.1, 0.15) is 27.9 Å². The van der Waals surface area contributed by atoms with E-state index < -0.39 is 0 Å². The van der Waals surface area contributed by atoms with E-state index in [1.807, 2.05) is 26.0 Å². The molecule has 0 aromatic carbocycles. The first kappa shape index (κ1) is 11.2. The maximum atomic E-state index is 11.6. The summed E-state index contributed by atoms with van der Waals surface area (Å²) < 4.78 is 0. The molecule has 4 heteroatoms. The fourth-order valence-electron chi connectivity index (χ4n) is 1.12. The monoisotopic (exact) mass is 213 g/mol. The highest BCUT2D eigenvalue weighted by Gasteiger charge is 2.10. The van der Waals surface area contributed by atoms with Crippen molar-refractivity contribution in [1.82, 2.24) is 5.32 Å². The third-order valence-electron chi connectivity index (χ3n) is 1.90. The molecule has 1 aromatic heterocycles. The van der Waals surface area contributed by atoms with Crippen LogP contribution in [-0.4, -0.2) is 23.7 Å². The van der Waals surface area contributed by atoms with Crippen molar-refractivity contribution < 1.29 is 9.90 Å². The molecule has 0 spiro atoms. The Hall–Kier alpha value is -0.870. The highest BCUT2D eigenvalue weighted by atomic mass is 32.1. The summed E-state index contributed by atoms with van der Waals surface area (Å²) in [5, 5.41) is 11.5. The molecule has 3 nitrogen and oxygen atoms in total. The number of hydrogen-bond donors (Lipinski definition) is 2. The van der Waals surface area contributed by atoms with Crippen molar-refractivity contribution in [3.8, 4) is 0 Å². The maximum absolute atomic E-state index is 11.6. The Morgan fingerprint density at radius 1 is 1.64 bits per heavy atom. The van der Waals surface area contributed by atoms with Gasteiger partial charge < -0.3 is 10.4 Å². The Morgan fingerprint density at radius 3 is 2.86 bits per heavy atom. The molecule has 1 heterocycles. The molecule has 0 saturated carbocycles. The lowest BCUT2D eigenvalue weighted by Gasteiger charge is -2.10. The van der Waals surface area contributed by atoms with Gasteiger partial charge in [-0.25, -0.2) is 0 Å². The number of hydrogen-bond acceptors (Lipinski definition) is 3. The van der Waals surface area contributed by atoms with Crippen LogP contribution < -0.4 is 5.32 Å². The van der Waals surface area contributed by atoms with Gasteiger partial charge in [-0.1, -0.05) is 0 Å². The summed E-state index contributed by atoms with van der Waals surface area (Å²) in [7, 11) is 0. The minimum Gasteiger partial charge on any atom is -0.396 e. The molecule has 0 aliphatic carbocycles. The van der Waals surface area contributed by atoms with Gasteiger partial charge in [0.25, 0.3) is 5.91 Å². The van der Waals surface area contributed by atoms with Crippen LogP contribution in [0.25, 0.3) is 0 Å². The van der Waals surface area contributed by atoms with Crippen molar-refractivity contribution in [2.45, 2.75) is 26.3 Å². The van der Waals surface area contributed by atoms with Crippen molar-refractivity contribution in [3.63, 3.8) is 0 Å². The molecular weight excluding hydrogens is 198 g/mol. The van der Waals surface area contributed by atoms with E-state index in [0.717, 1.165) is 9.75 Å². The number of rotatable bonds is 4. The van der Waals surface area contributed by atoms with Gasteiger partial charge in [0.15, 0.2) is 0 Å². The van der Waals surface area contributed by atoms with E-state index in [4.69, 9.17) is 5.11 Å². The summed E-state index contributed by atoms with van der Waals surface area (Å²) in [6, 6.07) is 3.77. The maximum Gasteiger partial charge on any atom is 0.261 e. The minimum absolute atomic E-state index is 0.0231. The zero-order chi connectivity index (χ0) is 10.6. The Kier molecular flexibility index (Phi) is 4.10. The average Bonchev–Trinajstić information content (AvgIpc) is 2.52. The number of carbonyl (C=O) groups excluding carboxylic acids is 1. The number of aliphatic hydroxyl groups excluding tert-OH is 1. The van der Waals surface area contributed by atoms with E-state index >= 15 is 0 Å². The van der Waals surface area contributed by atoms with E-state index in [1.54, 1.807) is 0 Å². The van der Waals surface area contributed by atoms with Gasteiger partial charge in [0.2, 0.25) is 0 Å². The molecule has 0 bridgehead atoms. The molecule has 1 unspecified atom stereocenters. The second-order valence-electron chi connectivity index (χ2n) is 3.30. The summed E-state index contributed by atoms with van der Waals surface area (Å²) in [6.45, 7) is 3.96. The third kappa shape index (κ3) is 3.12. The predicted molar refractivity (Wildman–Crippen MR) is 57.7 cm³/mol. The number of carbonyl (C=O) groups is 1. The second-order valence-corrected chi connectivity index (χ2v) is 4.58. The van der Waals surface area contributed by atoms with Gasteiger partial charge in [0.05, 0.1) is 4.88 Å². The van der Waals surface area contributed by atoms with Crippen molar-refractivity contribution in [1.29, 1.82) is 0 Å². The van der Waals surface area contributed by atoms with Crippen LogP contribution in [0.5, 0.6) is 0 Å². The van der Waals surface area contributed by atoms with Gasteiger partial charge in [-0.3, -0.25) is 4.79 Å². The molecule has 14 heavy (non-hydrogen) atoms. The van der Waals surface area contributed by atoms with Crippen LogP contribution in [-0.2, 0) is 0 Å². The van der Waals surface area contributed by atoms with Crippen molar-refractivity contribution in [2.24, 2.45) is 0 Å². The fourth-order valence-corrected chi connectivity index (χ4v) is 1.89. The molecule has 2 N–H and O–H groups in total. The van der Waals surface area contributed by atoms with Crippen LogP contribution in [0, 0.1) is 6.92 Å². The molecule has 1 atom stereocenters. The van der Waals surface area contributed by atoms with E-state index in [9.17, 15) is 4.79 Å². The van der Waals surface area contributed by atoms with E-state index in [0.29, 0.717) is 6.42 Å². The van der Waals surface area contributed by atoms with E-state index in [-0.39, 0.29) is 18.6 Å². The van der Waals surface area contributed by atoms with Gasteiger partial charge in [-0.15, -0.1) is 11.3 Å². The number of nitrogens with one attached hydrogen (secondary N) is 1. The Bertz CT molecular complexity index is 309. The van der Waals surface area contributed by atoms with Gasteiger partial charge >= 0.3 is 0 Å². The molecule has 78 valence electrons. The summed E-state index contributed by atoms with van der Waals surface area (Å²) in [6.07, 6.45) is 0.593. The molecule has 0 saturated heterocycles. The van der Waals surface area contributed by atoms with Crippen LogP contribution in [0.4, 0.5) is 0 Å². The Morgan fingerprint density at radius 2 is 2.36 bits per heavy atom. The predicted octanol–water partition coefficient (Wildman–Crippen LogP) is 1.56. The first-order chi connectivity index (χ1) is 6.63. The molecule has 1 amide bonds. The van der Waals surface area contributed by atoms with Crippen molar-refractivity contribution in [2.75, 3.05) is 6.61 Å². The van der Waals surface area contributed by atoms with Crippen LogP contribution in [0.3, 0.4) is 0 Å². The Labute approximate surface area is 87.8 Å². The number of amides is 1. The lowest BCUT2D eigenvalue weighted by Crippen LogP contribution is -2.32. The number of aliphatic hydroxyl groups is 1. The summed E-state index contributed by atoms with van der Waals surface area (Å²) in [5.41, 5.74) is 0. The minimum atomic E-state index is -0.0518. The lowest BCUT2D eigenvalue weighted by atomic mass is 10.2. The summed E-state index contributed by atoms with van der Waals surface area (Å²) in [5.74, 6) is -0.0518. The van der Waals surface area contributed by atoms with Crippen molar-refractivity contribution in [3.05, 3.63) is 21.9 Å². The first-order valence-corrected chi connectivity index (χ1v) is 5.43. The topological polar surface area (TPSA) is 49.3 Å². The molecule has 0 fully saturated rings. The highest BCUT2D eigenvalue weighted by molar-refractivity contribution is 7.13. The zero-order valence-corrected chi connectivity index (χ0v) is 9.23. The molecular formula is C10H15NO2S. The highest BCUT2D eigenvalue weighted by Crippen LogP contribution is 2.14. The lowest BCUT2D eigenvalue weighted by molar-refractivity contribution is 0.0938.